The lowest BCUT2D eigenvalue weighted by molar-refractivity contribution is -0.296. The highest BCUT2D eigenvalue weighted by Crippen LogP contribution is 2.28. The van der Waals surface area contributed by atoms with Gasteiger partial charge in [0.05, 0.1) is 0 Å². The quantitative estimate of drug-likeness (QED) is 0.542. The van der Waals surface area contributed by atoms with Gasteiger partial charge in [-0.15, -0.1) is 0 Å². The summed E-state index contributed by atoms with van der Waals surface area (Å²) in [5.74, 6) is -3.29. The number of carbonyl (C=O) groups is 2. The van der Waals surface area contributed by atoms with Crippen LogP contribution in [0.4, 0.5) is 4.39 Å². The van der Waals surface area contributed by atoms with Crippen LogP contribution < -0.4 is 5.11 Å². The minimum absolute atomic E-state index is 0.00259. The zero-order valence-electron chi connectivity index (χ0n) is 10.7. The number of aliphatic carboxylic acids is 1. The summed E-state index contributed by atoms with van der Waals surface area (Å²) in [4.78, 5) is 22.9. The van der Waals surface area contributed by atoms with Crippen molar-refractivity contribution in [3.63, 3.8) is 0 Å². The van der Waals surface area contributed by atoms with Crippen LogP contribution >= 0.6 is 0 Å². The Morgan fingerprint density at radius 3 is 2.43 bits per heavy atom. The van der Waals surface area contributed by atoms with E-state index in [0.29, 0.717) is 16.6 Å². The molecule has 4 nitrogen and oxygen atoms in total. The van der Waals surface area contributed by atoms with Crippen molar-refractivity contribution in [2.24, 2.45) is 0 Å². The van der Waals surface area contributed by atoms with Crippen LogP contribution in [0.2, 0.25) is 0 Å². The van der Waals surface area contributed by atoms with Crippen molar-refractivity contribution in [1.82, 2.24) is 4.40 Å². The second-order valence-corrected chi connectivity index (χ2v) is 4.53. The second kappa shape index (κ2) is 4.86. The lowest BCUT2D eigenvalue weighted by Crippen LogP contribution is -2.32. The third kappa shape index (κ3) is 2.18. The summed E-state index contributed by atoms with van der Waals surface area (Å²) in [6.07, 6.45) is 1.60. The Balaban J connectivity index is 2.31. The number of carboxylic acid groups (broad SMARTS) is 1. The molecule has 2 aromatic heterocycles. The molecule has 3 rings (SSSR count). The maximum Gasteiger partial charge on any atom is 0.225 e. The lowest BCUT2D eigenvalue weighted by Gasteiger charge is -2.06. The maximum absolute atomic E-state index is 13.0. The Kier molecular flexibility index (Phi) is 3.02. The van der Waals surface area contributed by atoms with Gasteiger partial charge in [0, 0.05) is 17.3 Å². The minimum atomic E-state index is -1.78. The Morgan fingerprint density at radius 1 is 1.05 bits per heavy atom. The summed E-state index contributed by atoms with van der Waals surface area (Å²) in [6.45, 7) is 0. The van der Waals surface area contributed by atoms with Gasteiger partial charge < -0.3 is 14.3 Å². The zero-order chi connectivity index (χ0) is 15.0. The van der Waals surface area contributed by atoms with Crippen molar-refractivity contribution in [3.05, 3.63) is 66.2 Å². The number of aromatic nitrogens is 1. The summed E-state index contributed by atoms with van der Waals surface area (Å²) in [6, 6.07) is 12.4. The first-order valence-electron chi connectivity index (χ1n) is 6.19. The molecule has 0 fully saturated rings. The van der Waals surface area contributed by atoms with Gasteiger partial charge in [-0.3, -0.25) is 4.79 Å². The summed E-state index contributed by atoms with van der Waals surface area (Å²) in [5.41, 5.74) is 1.65. The van der Waals surface area contributed by atoms with E-state index in [9.17, 15) is 19.1 Å². The summed E-state index contributed by atoms with van der Waals surface area (Å²) < 4.78 is 14.5. The van der Waals surface area contributed by atoms with Crippen LogP contribution in [0.15, 0.2) is 54.7 Å². The van der Waals surface area contributed by atoms with E-state index in [4.69, 9.17) is 0 Å². The van der Waals surface area contributed by atoms with Gasteiger partial charge in [-0.25, -0.2) is 4.39 Å². The maximum atomic E-state index is 13.0. The number of Topliss-reactive ketones (excluding diaryl/α,β-unsaturated/α-hetero) is 1. The molecule has 21 heavy (non-hydrogen) atoms. The molecular formula is C16H9FNO3-. The molecular weight excluding hydrogens is 273 g/mol. The third-order valence-electron chi connectivity index (χ3n) is 3.24. The molecule has 0 spiro atoms. The molecule has 0 saturated heterocycles. The zero-order valence-corrected chi connectivity index (χ0v) is 10.7. The third-order valence-corrected chi connectivity index (χ3v) is 3.24. The molecule has 0 radical (unpaired) electrons. The van der Waals surface area contributed by atoms with Gasteiger partial charge in [0.25, 0.3) is 0 Å². The highest BCUT2D eigenvalue weighted by Gasteiger charge is 2.19. The number of rotatable bonds is 3. The van der Waals surface area contributed by atoms with Crippen molar-refractivity contribution >= 4 is 17.3 Å². The molecule has 2 heterocycles. The Bertz CT molecular complexity index is 850. The second-order valence-electron chi connectivity index (χ2n) is 4.53. The number of benzene rings is 1. The first kappa shape index (κ1) is 13.1. The number of nitrogens with zero attached hydrogens (tertiary/aromatic N) is 1. The van der Waals surface area contributed by atoms with E-state index in [-0.39, 0.29) is 5.69 Å². The van der Waals surface area contributed by atoms with E-state index in [0.717, 1.165) is 0 Å². The van der Waals surface area contributed by atoms with E-state index >= 15 is 0 Å². The molecule has 0 aliphatic rings. The molecule has 104 valence electrons. The van der Waals surface area contributed by atoms with Crippen LogP contribution in [0.25, 0.3) is 16.6 Å². The van der Waals surface area contributed by atoms with Crippen molar-refractivity contribution in [1.29, 1.82) is 0 Å². The highest BCUT2D eigenvalue weighted by molar-refractivity contribution is 6.40. The molecule has 0 unspecified atom stereocenters. The molecule has 0 saturated carbocycles. The smallest absolute Gasteiger partial charge is 0.225 e. The SMILES string of the molecule is O=C([O-])C(=O)c1c(-c2ccc(F)cc2)cc2ccccn12. The van der Waals surface area contributed by atoms with Gasteiger partial charge in [-0.2, -0.15) is 0 Å². The predicted molar refractivity (Wildman–Crippen MR) is 72.1 cm³/mol. The van der Waals surface area contributed by atoms with Crippen LogP contribution in [-0.4, -0.2) is 16.2 Å². The molecule has 0 aliphatic carbocycles. The average Bonchev–Trinajstić information content (AvgIpc) is 2.86. The molecule has 5 heteroatoms. The first-order chi connectivity index (χ1) is 10.1. The van der Waals surface area contributed by atoms with Gasteiger partial charge in [0.1, 0.15) is 17.5 Å². The van der Waals surface area contributed by atoms with Crippen LogP contribution in [0.1, 0.15) is 10.5 Å². The molecule has 3 aromatic rings. The van der Waals surface area contributed by atoms with Crippen molar-refractivity contribution in [2.75, 3.05) is 0 Å². The van der Waals surface area contributed by atoms with Crippen LogP contribution in [-0.2, 0) is 4.79 Å². The summed E-state index contributed by atoms with van der Waals surface area (Å²) >= 11 is 0. The van der Waals surface area contributed by atoms with Gasteiger partial charge >= 0.3 is 0 Å². The topological polar surface area (TPSA) is 61.6 Å². The Hall–Kier alpha value is -2.95. The van der Waals surface area contributed by atoms with E-state index in [1.807, 2.05) is 0 Å². The molecule has 0 atom stereocenters. The standard InChI is InChI=1S/C16H10FNO3/c17-11-6-4-10(5-7-11)13-9-12-3-1-2-8-18(12)14(13)15(19)16(20)21/h1-9H,(H,20,21)/p-1. The Labute approximate surface area is 119 Å². The number of pyridine rings is 1. The summed E-state index contributed by atoms with van der Waals surface area (Å²) in [5, 5.41) is 10.9. The first-order valence-corrected chi connectivity index (χ1v) is 6.19. The van der Waals surface area contributed by atoms with Crippen molar-refractivity contribution in [3.8, 4) is 11.1 Å². The fraction of sp³-hybridized carbons (Fsp3) is 0. The van der Waals surface area contributed by atoms with Crippen molar-refractivity contribution < 1.29 is 19.1 Å². The average molecular weight is 282 g/mol. The number of halogens is 1. The van der Waals surface area contributed by atoms with E-state index in [1.165, 1.54) is 28.7 Å². The van der Waals surface area contributed by atoms with Gasteiger partial charge in [-0.05, 0) is 35.9 Å². The fourth-order valence-electron chi connectivity index (χ4n) is 2.30. The number of fused-ring (bicyclic) bond motifs is 1. The van der Waals surface area contributed by atoms with E-state index in [1.54, 1.807) is 30.5 Å². The monoisotopic (exact) mass is 282 g/mol. The molecule has 0 amide bonds. The van der Waals surface area contributed by atoms with E-state index in [2.05, 4.69) is 0 Å². The van der Waals surface area contributed by atoms with Crippen molar-refractivity contribution in [2.45, 2.75) is 0 Å². The number of carbonyl (C=O) groups excluding carboxylic acids is 2. The molecule has 0 bridgehead atoms. The van der Waals surface area contributed by atoms with Crippen LogP contribution in [0.5, 0.6) is 0 Å². The molecule has 1 aromatic carbocycles. The number of hydrogen-bond acceptors (Lipinski definition) is 3. The van der Waals surface area contributed by atoms with Crippen LogP contribution in [0.3, 0.4) is 0 Å². The van der Waals surface area contributed by atoms with Gasteiger partial charge in [0.2, 0.25) is 5.78 Å². The number of ketones is 1. The van der Waals surface area contributed by atoms with E-state index < -0.39 is 17.6 Å². The summed E-state index contributed by atoms with van der Waals surface area (Å²) in [7, 11) is 0. The molecule has 0 N–H and O–H groups in total. The number of hydrogen-bond donors (Lipinski definition) is 0. The predicted octanol–water partition coefficient (Wildman–Crippen LogP) is 1.68. The molecule has 0 aliphatic heterocycles. The lowest BCUT2D eigenvalue weighted by atomic mass is 10.0. The highest BCUT2D eigenvalue weighted by atomic mass is 19.1. The Morgan fingerprint density at radius 2 is 1.76 bits per heavy atom. The number of carboxylic acids is 1. The minimum Gasteiger partial charge on any atom is -0.541 e. The van der Waals surface area contributed by atoms with Gasteiger partial charge in [-0.1, -0.05) is 18.2 Å². The van der Waals surface area contributed by atoms with Crippen LogP contribution in [0, 0.1) is 5.82 Å². The fourth-order valence-corrected chi connectivity index (χ4v) is 2.30. The largest absolute Gasteiger partial charge is 0.541 e. The normalized spacial score (nSPS) is 10.7. The van der Waals surface area contributed by atoms with Gasteiger partial charge in [0.15, 0.2) is 0 Å².